The molecule has 4 nitrogen and oxygen atoms in total. The number of aryl methyl sites for hydroxylation is 3. The molecule has 2 heterocycles. The lowest BCUT2D eigenvalue weighted by atomic mass is 10.0. The summed E-state index contributed by atoms with van der Waals surface area (Å²) < 4.78 is 39.0. The standard InChI is InChI=1S/C18H16F3N3O/c1-12-10-17(25)24(23-12)16-9-6-14(11-22-16)3-2-13-4-7-15(8-5-13)18(19,20)21/h4-11,23H,2-3H2,1H3. The molecule has 1 aromatic carbocycles. The number of halogens is 3. The van der Waals surface area contributed by atoms with E-state index in [4.69, 9.17) is 0 Å². The van der Waals surface area contributed by atoms with Gasteiger partial charge in [-0.1, -0.05) is 18.2 Å². The third-order valence-electron chi connectivity index (χ3n) is 3.87. The van der Waals surface area contributed by atoms with Crippen LogP contribution in [0.15, 0.2) is 53.5 Å². The van der Waals surface area contributed by atoms with Gasteiger partial charge < -0.3 is 0 Å². The summed E-state index contributed by atoms with van der Waals surface area (Å²) in [5.74, 6) is 0.497. The largest absolute Gasteiger partial charge is 0.416 e. The third-order valence-corrected chi connectivity index (χ3v) is 3.87. The van der Waals surface area contributed by atoms with Crippen LogP contribution >= 0.6 is 0 Å². The predicted octanol–water partition coefficient (Wildman–Crippen LogP) is 3.67. The van der Waals surface area contributed by atoms with Crippen LogP contribution < -0.4 is 5.56 Å². The van der Waals surface area contributed by atoms with Crippen molar-refractivity contribution in [2.75, 3.05) is 0 Å². The first-order valence-corrected chi connectivity index (χ1v) is 7.73. The van der Waals surface area contributed by atoms with Gasteiger partial charge in [0.2, 0.25) is 0 Å². The Morgan fingerprint density at radius 3 is 2.20 bits per heavy atom. The second-order valence-electron chi connectivity index (χ2n) is 5.83. The number of aromatic amines is 1. The molecule has 0 radical (unpaired) electrons. The van der Waals surface area contributed by atoms with E-state index < -0.39 is 11.7 Å². The van der Waals surface area contributed by atoms with Crippen LogP contribution in [0.2, 0.25) is 0 Å². The van der Waals surface area contributed by atoms with Crippen LogP contribution in [0.1, 0.15) is 22.4 Å². The minimum absolute atomic E-state index is 0.178. The number of aromatic nitrogens is 3. The molecule has 0 aliphatic heterocycles. The van der Waals surface area contributed by atoms with Crippen molar-refractivity contribution in [2.24, 2.45) is 0 Å². The summed E-state index contributed by atoms with van der Waals surface area (Å²) in [6, 6.07) is 10.2. The van der Waals surface area contributed by atoms with Gasteiger partial charge in [0.15, 0.2) is 5.82 Å². The van der Waals surface area contributed by atoms with E-state index in [0.29, 0.717) is 18.7 Å². The number of H-pyrrole nitrogens is 1. The molecule has 3 aromatic rings. The number of pyridine rings is 1. The Bertz CT molecular complexity index is 906. The van der Waals surface area contributed by atoms with Crippen LogP contribution in [-0.4, -0.2) is 14.8 Å². The topological polar surface area (TPSA) is 50.7 Å². The number of hydrogen-bond acceptors (Lipinski definition) is 2. The minimum atomic E-state index is -4.31. The quantitative estimate of drug-likeness (QED) is 0.783. The summed E-state index contributed by atoms with van der Waals surface area (Å²) in [7, 11) is 0. The van der Waals surface area contributed by atoms with Gasteiger partial charge in [0.1, 0.15) is 0 Å². The van der Waals surface area contributed by atoms with E-state index in [1.807, 2.05) is 6.07 Å². The molecule has 0 aliphatic carbocycles. The summed E-state index contributed by atoms with van der Waals surface area (Å²) >= 11 is 0. The molecular weight excluding hydrogens is 331 g/mol. The van der Waals surface area contributed by atoms with E-state index in [-0.39, 0.29) is 5.56 Å². The van der Waals surface area contributed by atoms with Crippen molar-refractivity contribution in [3.05, 3.63) is 81.4 Å². The zero-order chi connectivity index (χ0) is 18.0. The fourth-order valence-corrected chi connectivity index (χ4v) is 2.53. The molecule has 0 aliphatic rings. The van der Waals surface area contributed by atoms with Crippen LogP contribution in [0.4, 0.5) is 13.2 Å². The highest BCUT2D eigenvalue weighted by Crippen LogP contribution is 2.29. The second kappa shape index (κ2) is 6.58. The van der Waals surface area contributed by atoms with Crippen molar-refractivity contribution >= 4 is 0 Å². The molecule has 130 valence electrons. The lowest BCUT2D eigenvalue weighted by molar-refractivity contribution is -0.137. The molecule has 0 fully saturated rings. The van der Waals surface area contributed by atoms with E-state index in [2.05, 4.69) is 10.1 Å². The molecule has 7 heteroatoms. The Kier molecular flexibility index (Phi) is 4.48. The SMILES string of the molecule is Cc1cc(=O)n(-c2ccc(CCc3ccc(C(F)(F)F)cc3)cn2)[nH]1. The molecule has 0 unspecified atom stereocenters. The summed E-state index contributed by atoms with van der Waals surface area (Å²) in [6.45, 7) is 1.79. The fraction of sp³-hybridized carbons (Fsp3) is 0.222. The number of nitrogens with zero attached hydrogens (tertiary/aromatic N) is 2. The molecule has 1 N–H and O–H groups in total. The minimum Gasteiger partial charge on any atom is -0.294 e. The fourth-order valence-electron chi connectivity index (χ4n) is 2.53. The van der Waals surface area contributed by atoms with Crippen molar-refractivity contribution in [1.29, 1.82) is 0 Å². The number of hydrogen-bond donors (Lipinski definition) is 1. The molecule has 0 amide bonds. The van der Waals surface area contributed by atoms with Gasteiger partial charge in [-0.3, -0.25) is 9.89 Å². The Balaban J connectivity index is 1.66. The lowest BCUT2D eigenvalue weighted by Gasteiger charge is -2.08. The van der Waals surface area contributed by atoms with Crippen LogP contribution in [-0.2, 0) is 19.0 Å². The van der Waals surface area contributed by atoms with Crippen molar-refractivity contribution in [1.82, 2.24) is 14.8 Å². The predicted molar refractivity (Wildman–Crippen MR) is 87.8 cm³/mol. The van der Waals surface area contributed by atoms with Crippen LogP contribution in [0.3, 0.4) is 0 Å². The molecule has 2 aromatic heterocycles. The van der Waals surface area contributed by atoms with E-state index >= 15 is 0 Å². The Morgan fingerprint density at radius 2 is 1.68 bits per heavy atom. The summed E-state index contributed by atoms with van der Waals surface area (Å²) in [5.41, 5.74) is 1.70. The molecule has 3 rings (SSSR count). The summed E-state index contributed by atoms with van der Waals surface area (Å²) in [6.07, 6.45) is -1.38. The van der Waals surface area contributed by atoms with Crippen LogP contribution in [0, 0.1) is 6.92 Å². The van der Waals surface area contributed by atoms with Crippen LogP contribution in [0.25, 0.3) is 5.82 Å². The lowest BCUT2D eigenvalue weighted by Crippen LogP contribution is -2.14. The van der Waals surface area contributed by atoms with E-state index in [0.717, 1.165) is 29.0 Å². The Labute approximate surface area is 141 Å². The highest BCUT2D eigenvalue weighted by Gasteiger charge is 2.29. The Hall–Kier alpha value is -2.83. The van der Waals surface area contributed by atoms with Gasteiger partial charge in [0.25, 0.3) is 5.56 Å². The van der Waals surface area contributed by atoms with E-state index in [9.17, 15) is 18.0 Å². The first-order chi connectivity index (χ1) is 11.8. The molecular formula is C18H16F3N3O. The van der Waals surface area contributed by atoms with Crippen molar-refractivity contribution < 1.29 is 13.2 Å². The number of nitrogens with one attached hydrogen (secondary N) is 1. The van der Waals surface area contributed by atoms with Crippen molar-refractivity contribution in [3.8, 4) is 5.82 Å². The highest BCUT2D eigenvalue weighted by molar-refractivity contribution is 5.28. The highest BCUT2D eigenvalue weighted by atomic mass is 19.4. The van der Waals surface area contributed by atoms with Crippen LogP contribution in [0.5, 0.6) is 0 Å². The molecule has 0 saturated carbocycles. The average Bonchev–Trinajstić information content (AvgIpc) is 2.91. The van der Waals surface area contributed by atoms with Gasteiger partial charge in [-0.25, -0.2) is 9.67 Å². The zero-order valence-electron chi connectivity index (χ0n) is 13.5. The maximum atomic E-state index is 12.5. The second-order valence-corrected chi connectivity index (χ2v) is 5.83. The zero-order valence-corrected chi connectivity index (χ0v) is 13.5. The number of rotatable bonds is 4. The Morgan fingerprint density at radius 1 is 1.04 bits per heavy atom. The van der Waals surface area contributed by atoms with Gasteiger partial charge in [0.05, 0.1) is 5.56 Å². The third kappa shape index (κ3) is 3.99. The molecule has 0 saturated heterocycles. The maximum Gasteiger partial charge on any atom is 0.416 e. The first kappa shape index (κ1) is 17.0. The van der Waals surface area contributed by atoms with E-state index in [1.165, 1.54) is 22.9 Å². The normalized spacial score (nSPS) is 11.7. The van der Waals surface area contributed by atoms with Gasteiger partial charge in [-0.15, -0.1) is 0 Å². The molecule has 0 atom stereocenters. The van der Waals surface area contributed by atoms with Gasteiger partial charge in [-0.2, -0.15) is 13.2 Å². The van der Waals surface area contributed by atoms with Crippen molar-refractivity contribution in [3.63, 3.8) is 0 Å². The molecule has 25 heavy (non-hydrogen) atoms. The summed E-state index contributed by atoms with van der Waals surface area (Å²) in [5, 5.41) is 2.91. The molecule has 0 bridgehead atoms. The maximum absolute atomic E-state index is 12.5. The monoisotopic (exact) mass is 347 g/mol. The van der Waals surface area contributed by atoms with Gasteiger partial charge in [0, 0.05) is 18.0 Å². The smallest absolute Gasteiger partial charge is 0.294 e. The van der Waals surface area contributed by atoms with Crippen molar-refractivity contribution in [2.45, 2.75) is 25.9 Å². The van der Waals surface area contributed by atoms with Gasteiger partial charge in [-0.05, 0) is 49.1 Å². The average molecular weight is 347 g/mol. The number of alkyl halides is 3. The first-order valence-electron chi connectivity index (χ1n) is 7.73. The van der Waals surface area contributed by atoms with Gasteiger partial charge >= 0.3 is 6.18 Å². The van der Waals surface area contributed by atoms with E-state index in [1.54, 1.807) is 19.2 Å². The summed E-state index contributed by atoms with van der Waals surface area (Å²) in [4.78, 5) is 16.0. The number of benzene rings is 1. The molecule has 0 spiro atoms.